The van der Waals surface area contributed by atoms with E-state index in [0.717, 1.165) is 25.1 Å². The fourth-order valence-corrected chi connectivity index (χ4v) is 2.54. The van der Waals surface area contributed by atoms with Gasteiger partial charge in [0.2, 0.25) is 0 Å². The summed E-state index contributed by atoms with van der Waals surface area (Å²) in [7, 11) is 0. The van der Waals surface area contributed by atoms with E-state index in [1.54, 1.807) is 0 Å². The number of carbonyl (C=O) groups is 1. The molecule has 1 aliphatic rings. The Morgan fingerprint density at radius 1 is 1.33 bits per heavy atom. The standard InChI is InChI=1S/C15H22N2O/c1-11(2)17(14-8-9-16-10-14)15(18)13-6-4-12(3)5-7-13/h4-7,11,14,16H,8-10H2,1-3H3. The Hall–Kier alpha value is -1.35. The molecule has 0 saturated carbocycles. The van der Waals surface area contributed by atoms with E-state index in [1.165, 1.54) is 5.56 Å². The molecule has 1 fully saturated rings. The van der Waals surface area contributed by atoms with Gasteiger partial charge < -0.3 is 10.2 Å². The molecule has 0 spiro atoms. The zero-order chi connectivity index (χ0) is 13.1. The van der Waals surface area contributed by atoms with Crippen LogP contribution in [0.2, 0.25) is 0 Å². The molecule has 2 rings (SSSR count). The third kappa shape index (κ3) is 2.72. The van der Waals surface area contributed by atoms with Gasteiger partial charge in [0.15, 0.2) is 0 Å². The minimum Gasteiger partial charge on any atom is -0.332 e. The molecular formula is C15H22N2O. The molecule has 1 heterocycles. The fraction of sp³-hybridized carbons (Fsp3) is 0.533. The Kier molecular flexibility index (Phi) is 4.02. The summed E-state index contributed by atoms with van der Waals surface area (Å²) < 4.78 is 0. The van der Waals surface area contributed by atoms with Crippen LogP contribution in [0.25, 0.3) is 0 Å². The summed E-state index contributed by atoms with van der Waals surface area (Å²) in [6.07, 6.45) is 1.05. The maximum atomic E-state index is 12.6. The number of nitrogens with zero attached hydrogens (tertiary/aromatic N) is 1. The first kappa shape index (κ1) is 13.1. The highest BCUT2D eigenvalue weighted by Crippen LogP contribution is 2.17. The number of hydrogen-bond donors (Lipinski definition) is 1. The molecule has 1 aromatic rings. The zero-order valence-corrected chi connectivity index (χ0v) is 11.4. The first-order valence-corrected chi connectivity index (χ1v) is 6.69. The first-order chi connectivity index (χ1) is 8.59. The summed E-state index contributed by atoms with van der Waals surface area (Å²) in [5.74, 6) is 0.152. The van der Waals surface area contributed by atoms with Gasteiger partial charge in [-0.15, -0.1) is 0 Å². The maximum Gasteiger partial charge on any atom is 0.254 e. The van der Waals surface area contributed by atoms with Crippen molar-refractivity contribution in [2.75, 3.05) is 13.1 Å². The van der Waals surface area contributed by atoms with Gasteiger partial charge in [0.05, 0.1) is 0 Å². The lowest BCUT2D eigenvalue weighted by Gasteiger charge is -2.32. The third-order valence-electron chi connectivity index (χ3n) is 3.52. The zero-order valence-electron chi connectivity index (χ0n) is 11.4. The Bertz CT molecular complexity index is 405. The van der Waals surface area contributed by atoms with Gasteiger partial charge in [-0.25, -0.2) is 0 Å². The highest BCUT2D eigenvalue weighted by Gasteiger charge is 2.29. The average Bonchev–Trinajstić information content (AvgIpc) is 2.83. The Morgan fingerprint density at radius 3 is 2.50 bits per heavy atom. The summed E-state index contributed by atoms with van der Waals surface area (Å²) in [4.78, 5) is 14.6. The van der Waals surface area contributed by atoms with Gasteiger partial charge in [-0.05, 0) is 45.9 Å². The number of benzene rings is 1. The monoisotopic (exact) mass is 246 g/mol. The van der Waals surface area contributed by atoms with Crippen LogP contribution in [-0.2, 0) is 0 Å². The van der Waals surface area contributed by atoms with Gasteiger partial charge in [-0.2, -0.15) is 0 Å². The van der Waals surface area contributed by atoms with Crippen molar-refractivity contribution in [1.29, 1.82) is 0 Å². The van der Waals surface area contributed by atoms with E-state index in [-0.39, 0.29) is 11.9 Å². The second-order valence-electron chi connectivity index (χ2n) is 5.32. The van der Waals surface area contributed by atoms with E-state index in [9.17, 15) is 4.79 Å². The lowest BCUT2D eigenvalue weighted by molar-refractivity contribution is 0.0626. The SMILES string of the molecule is Cc1ccc(C(=O)N(C(C)C)C2CCNC2)cc1. The molecule has 1 unspecified atom stereocenters. The maximum absolute atomic E-state index is 12.6. The minimum atomic E-state index is 0.152. The van der Waals surface area contributed by atoms with Gasteiger partial charge in [0.25, 0.3) is 5.91 Å². The normalized spacial score (nSPS) is 19.2. The fourth-order valence-electron chi connectivity index (χ4n) is 2.54. The molecule has 18 heavy (non-hydrogen) atoms. The quantitative estimate of drug-likeness (QED) is 0.887. The van der Waals surface area contributed by atoms with E-state index in [4.69, 9.17) is 0 Å². The van der Waals surface area contributed by atoms with Gasteiger partial charge in [0.1, 0.15) is 0 Å². The molecule has 1 atom stereocenters. The molecule has 1 N–H and O–H groups in total. The number of aryl methyl sites for hydroxylation is 1. The average molecular weight is 246 g/mol. The van der Waals surface area contributed by atoms with Crippen LogP contribution in [0.4, 0.5) is 0 Å². The second kappa shape index (κ2) is 5.53. The van der Waals surface area contributed by atoms with Crippen LogP contribution in [0.5, 0.6) is 0 Å². The molecule has 0 bridgehead atoms. The molecule has 1 aromatic carbocycles. The number of nitrogens with one attached hydrogen (secondary N) is 1. The second-order valence-corrected chi connectivity index (χ2v) is 5.32. The number of hydrogen-bond acceptors (Lipinski definition) is 2. The van der Waals surface area contributed by atoms with E-state index in [0.29, 0.717) is 6.04 Å². The predicted octanol–water partition coefficient (Wildman–Crippen LogP) is 2.21. The van der Waals surface area contributed by atoms with Crippen LogP contribution in [0.1, 0.15) is 36.2 Å². The van der Waals surface area contributed by atoms with Crippen molar-refractivity contribution in [2.45, 2.75) is 39.3 Å². The van der Waals surface area contributed by atoms with E-state index in [1.807, 2.05) is 36.1 Å². The smallest absolute Gasteiger partial charge is 0.254 e. The van der Waals surface area contributed by atoms with Gasteiger partial charge >= 0.3 is 0 Å². The number of rotatable bonds is 3. The van der Waals surface area contributed by atoms with Crippen LogP contribution in [-0.4, -0.2) is 36.0 Å². The van der Waals surface area contributed by atoms with Crippen molar-refractivity contribution in [1.82, 2.24) is 10.2 Å². The van der Waals surface area contributed by atoms with Crippen LogP contribution in [0.3, 0.4) is 0 Å². The molecule has 0 aliphatic carbocycles. The van der Waals surface area contributed by atoms with Gasteiger partial charge in [-0.1, -0.05) is 17.7 Å². The summed E-state index contributed by atoms with van der Waals surface area (Å²) in [5, 5.41) is 3.33. The summed E-state index contributed by atoms with van der Waals surface area (Å²) >= 11 is 0. The molecule has 3 nitrogen and oxygen atoms in total. The van der Waals surface area contributed by atoms with Gasteiger partial charge in [-0.3, -0.25) is 4.79 Å². The lowest BCUT2D eigenvalue weighted by atomic mass is 10.1. The van der Waals surface area contributed by atoms with Crippen molar-refractivity contribution in [2.24, 2.45) is 0 Å². The summed E-state index contributed by atoms with van der Waals surface area (Å²) in [5.41, 5.74) is 1.98. The van der Waals surface area contributed by atoms with Crippen molar-refractivity contribution >= 4 is 5.91 Å². The molecule has 1 aliphatic heterocycles. The molecule has 98 valence electrons. The molecule has 1 saturated heterocycles. The molecule has 0 radical (unpaired) electrons. The van der Waals surface area contributed by atoms with Crippen LogP contribution < -0.4 is 5.32 Å². The largest absolute Gasteiger partial charge is 0.332 e. The highest BCUT2D eigenvalue weighted by atomic mass is 16.2. The van der Waals surface area contributed by atoms with Crippen LogP contribution in [0, 0.1) is 6.92 Å². The van der Waals surface area contributed by atoms with E-state index < -0.39 is 0 Å². The first-order valence-electron chi connectivity index (χ1n) is 6.69. The van der Waals surface area contributed by atoms with Crippen LogP contribution >= 0.6 is 0 Å². The molecule has 1 amide bonds. The lowest BCUT2D eigenvalue weighted by Crippen LogP contribution is -2.45. The molecule has 0 aromatic heterocycles. The predicted molar refractivity (Wildman–Crippen MR) is 73.8 cm³/mol. The van der Waals surface area contributed by atoms with Gasteiger partial charge in [0, 0.05) is 24.2 Å². The van der Waals surface area contributed by atoms with Crippen molar-refractivity contribution < 1.29 is 4.79 Å². The molecular weight excluding hydrogens is 224 g/mol. The minimum absolute atomic E-state index is 0.152. The summed E-state index contributed by atoms with van der Waals surface area (Å²) in [6.45, 7) is 8.13. The topological polar surface area (TPSA) is 32.3 Å². The summed E-state index contributed by atoms with van der Waals surface area (Å²) in [6, 6.07) is 8.42. The van der Waals surface area contributed by atoms with Crippen molar-refractivity contribution in [3.05, 3.63) is 35.4 Å². The third-order valence-corrected chi connectivity index (χ3v) is 3.52. The van der Waals surface area contributed by atoms with Crippen LogP contribution in [0.15, 0.2) is 24.3 Å². The number of carbonyl (C=O) groups excluding carboxylic acids is 1. The van der Waals surface area contributed by atoms with Crippen molar-refractivity contribution in [3.63, 3.8) is 0 Å². The number of amides is 1. The molecule has 3 heteroatoms. The van der Waals surface area contributed by atoms with E-state index >= 15 is 0 Å². The Morgan fingerprint density at radius 2 is 2.00 bits per heavy atom. The Balaban J connectivity index is 2.20. The highest BCUT2D eigenvalue weighted by molar-refractivity contribution is 5.94. The van der Waals surface area contributed by atoms with Crippen molar-refractivity contribution in [3.8, 4) is 0 Å². The Labute approximate surface area is 109 Å². The van der Waals surface area contributed by atoms with E-state index in [2.05, 4.69) is 19.2 Å².